The normalized spacial score (nSPS) is 16.1. The van der Waals surface area contributed by atoms with Crippen LogP contribution in [0.5, 0.6) is 0 Å². The second-order valence-electron chi connectivity index (χ2n) is 9.32. The summed E-state index contributed by atoms with van der Waals surface area (Å²) in [5.41, 5.74) is -0.230. The molecule has 0 amide bonds. The Hall–Kier alpha value is -2.69. The van der Waals surface area contributed by atoms with E-state index < -0.39 is 33.6 Å². The summed E-state index contributed by atoms with van der Waals surface area (Å²) in [6.07, 6.45) is -0.649. The van der Waals surface area contributed by atoms with Crippen LogP contribution in [-0.4, -0.2) is 38.5 Å². The van der Waals surface area contributed by atoms with E-state index in [4.69, 9.17) is 0 Å². The van der Waals surface area contributed by atoms with E-state index in [1.54, 1.807) is 6.92 Å². The molecule has 11 heteroatoms. The first-order valence-electron chi connectivity index (χ1n) is 11.9. The molecule has 0 saturated carbocycles. The van der Waals surface area contributed by atoms with Gasteiger partial charge in [0.25, 0.3) is 0 Å². The fraction of sp³-hybridized carbons (Fsp3) is 0.520. The smallest absolute Gasteiger partial charge is 0.356 e. The Labute approximate surface area is 209 Å². The predicted molar refractivity (Wildman–Crippen MR) is 131 cm³/mol. The number of piperidine rings is 1. The number of pyridine rings is 1. The van der Waals surface area contributed by atoms with E-state index in [0.717, 1.165) is 37.7 Å². The maximum absolute atomic E-state index is 14.4. The molecule has 0 bridgehead atoms. The summed E-state index contributed by atoms with van der Waals surface area (Å²) in [6, 6.07) is 6.17. The van der Waals surface area contributed by atoms with Crippen LogP contribution in [0.15, 0.2) is 30.3 Å². The number of sulfonamides is 1. The van der Waals surface area contributed by atoms with Gasteiger partial charge in [-0.15, -0.1) is 0 Å². The van der Waals surface area contributed by atoms with Gasteiger partial charge in [-0.25, -0.2) is 17.8 Å². The van der Waals surface area contributed by atoms with Gasteiger partial charge < -0.3 is 4.90 Å². The number of carbonyl (C=O) groups is 1. The van der Waals surface area contributed by atoms with E-state index in [-0.39, 0.29) is 30.1 Å². The minimum atomic E-state index is -4.57. The number of aromatic nitrogens is 1. The molecule has 1 saturated heterocycles. The zero-order valence-corrected chi connectivity index (χ0v) is 21.3. The summed E-state index contributed by atoms with van der Waals surface area (Å²) < 4.78 is 79.1. The van der Waals surface area contributed by atoms with Crippen molar-refractivity contribution in [2.75, 3.05) is 29.0 Å². The Bertz CT molecular complexity index is 1190. The lowest BCUT2D eigenvalue weighted by Crippen LogP contribution is -2.35. The summed E-state index contributed by atoms with van der Waals surface area (Å²) in [6.45, 7) is 4.93. The number of hydrogen-bond acceptors (Lipinski definition) is 5. The number of rotatable bonds is 9. The Morgan fingerprint density at radius 1 is 1.19 bits per heavy atom. The molecule has 1 unspecified atom stereocenters. The standard InChI is InChI=1S/C25H31F4N3O3S/c1-4-17-11-13-32(14-12-17)24-18(7-10-23(30-24)25(27,28)29)6-9-22(33)16(2)19-5-8-21(20(26)15-19)31-36(3,34)35/h5,7-8,10,15-17,31H,4,6,9,11-14H2,1-3H3. The van der Waals surface area contributed by atoms with Gasteiger partial charge in [-0.05, 0) is 54.5 Å². The summed E-state index contributed by atoms with van der Waals surface area (Å²) in [7, 11) is -3.66. The second kappa shape index (κ2) is 11.1. The average molecular weight is 530 g/mol. The van der Waals surface area contributed by atoms with Crippen molar-refractivity contribution in [3.05, 3.63) is 53.0 Å². The van der Waals surface area contributed by atoms with Crippen molar-refractivity contribution in [2.45, 2.75) is 58.0 Å². The van der Waals surface area contributed by atoms with Crippen molar-refractivity contribution in [3.8, 4) is 0 Å². The van der Waals surface area contributed by atoms with E-state index in [1.807, 2.05) is 4.90 Å². The Morgan fingerprint density at radius 2 is 1.86 bits per heavy atom. The van der Waals surface area contributed by atoms with Gasteiger partial charge in [-0.1, -0.05) is 32.4 Å². The first-order valence-corrected chi connectivity index (χ1v) is 13.8. The molecule has 0 aliphatic carbocycles. The first-order chi connectivity index (χ1) is 16.8. The molecular weight excluding hydrogens is 498 g/mol. The molecule has 1 aromatic heterocycles. The Balaban J connectivity index is 1.75. The molecule has 0 spiro atoms. The van der Waals surface area contributed by atoms with E-state index in [0.29, 0.717) is 30.1 Å². The minimum absolute atomic E-state index is 0.0393. The number of ketones is 1. The second-order valence-corrected chi connectivity index (χ2v) is 11.1. The van der Waals surface area contributed by atoms with Gasteiger partial charge in [-0.2, -0.15) is 13.2 Å². The summed E-state index contributed by atoms with van der Waals surface area (Å²) in [5, 5.41) is 0. The quantitative estimate of drug-likeness (QED) is 0.432. The van der Waals surface area contributed by atoms with Crippen LogP contribution in [0.25, 0.3) is 0 Å². The fourth-order valence-corrected chi connectivity index (χ4v) is 4.97. The lowest BCUT2D eigenvalue weighted by molar-refractivity contribution is -0.141. The van der Waals surface area contributed by atoms with E-state index in [9.17, 15) is 30.8 Å². The van der Waals surface area contributed by atoms with Gasteiger partial charge in [0, 0.05) is 25.4 Å². The van der Waals surface area contributed by atoms with Crippen LogP contribution in [0, 0.1) is 11.7 Å². The third-order valence-electron chi connectivity index (χ3n) is 6.65. The lowest BCUT2D eigenvalue weighted by atomic mass is 9.92. The number of Topliss-reactive ketones (excluding diaryl/α,β-unsaturated/α-hetero) is 1. The minimum Gasteiger partial charge on any atom is -0.356 e. The predicted octanol–water partition coefficient (Wildman–Crippen LogP) is 5.54. The highest BCUT2D eigenvalue weighted by Gasteiger charge is 2.34. The van der Waals surface area contributed by atoms with Gasteiger partial charge >= 0.3 is 6.18 Å². The summed E-state index contributed by atoms with van der Waals surface area (Å²) in [4.78, 5) is 18.7. The van der Waals surface area contributed by atoms with Crippen LogP contribution < -0.4 is 9.62 Å². The molecule has 198 valence electrons. The zero-order chi connectivity index (χ0) is 26.7. The number of nitrogens with zero attached hydrogens (tertiary/aromatic N) is 2. The number of benzene rings is 1. The molecule has 1 N–H and O–H groups in total. The van der Waals surface area contributed by atoms with Crippen molar-refractivity contribution >= 4 is 27.3 Å². The number of aryl methyl sites for hydroxylation is 1. The van der Waals surface area contributed by atoms with Crippen molar-refractivity contribution in [2.24, 2.45) is 5.92 Å². The summed E-state index contributed by atoms with van der Waals surface area (Å²) in [5.74, 6) is -0.895. The molecule has 36 heavy (non-hydrogen) atoms. The molecule has 2 aromatic rings. The molecule has 1 aliphatic heterocycles. The van der Waals surface area contributed by atoms with Crippen LogP contribution in [0.1, 0.15) is 62.3 Å². The first kappa shape index (κ1) is 27.9. The number of nitrogens with one attached hydrogen (secondary N) is 1. The molecule has 2 heterocycles. The Morgan fingerprint density at radius 3 is 2.42 bits per heavy atom. The van der Waals surface area contributed by atoms with Crippen LogP contribution >= 0.6 is 0 Å². The van der Waals surface area contributed by atoms with Gasteiger partial charge in [0.05, 0.1) is 11.9 Å². The maximum atomic E-state index is 14.4. The molecule has 3 rings (SSSR count). The van der Waals surface area contributed by atoms with Gasteiger partial charge in [0.15, 0.2) is 0 Å². The number of halogens is 4. The van der Waals surface area contributed by atoms with Crippen molar-refractivity contribution < 1.29 is 30.8 Å². The number of hydrogen-bond donors (Lipinski definition) is 1. The lowest BCUT2D eigenvalue weighted by Gasteiger charge is -2.34. The third kappa shape index (κ3) is 7.18. The highest BCUT2D eigenvalue weighted by molar-refractivity contribution is 7.92. The van der Waals surface area contributed by atoms with Crippen LogP contribution in [0.4, 0.5) is 29.1 Å². The monoisotopic (exact) mass is 529 g/mol. The van der Waals surface area contributed by atoms with Crippen LogP contribution in [-0.2, 0) is 27.4 Å². The van der Waals surface area contributed by atoms with Crippen LogP contribution in [0.3, 0.4) is 0 Å². The van der Waals surface area contributed by atoms with Crippen molar-refractivity contribution in [3.63, 3.8) is 0 Å². The van der Waals surface area contributed by atoms with Crippen molar-refractivity contribution in [1.29, 1.82) is 0 Å². The maximum Gasteiger partial charge on any atom is 0.433 e. The molecule has 1 aromatic carbocycles. The SMILES string of the molecule is CCC1CCN(c2nc(C(F)(F)F)ccc2CCC(=O)C(C)c2ccc(NS(C)(=O)=O)c(F)c2)CC1. The number of anilines is 2. The highest BCUT2D eigenvalue weighted by Crippen LogP contribution is 2.33. The molecule has 1 aliphatic rings. The highest BCUT2D eigenvalue weighted by atomic mass is 32.2. The van der Waals surface area contributed by atoms with Crippen molar-refractivity contribution in [1.82, 2.24) is 4.98 Å². The molecule has 1 atom stereocenters. The molecule has 6 nitrogen and oxygen atoms in total. The van der Waals surface area contributed by atoms with E-state index in [2.05, 4.69) is 16.6 Å². The third-order valence-corrected chi connectivity index (χ3v) is 7.24. The largest absolute Gasteiger partial charge is 0.433 e. The molecular formula is C25H31F4N3O3S. The average Bonchev–Trinajstić information content (AvgIpc) is 2.82. The van der Waals surface area contributed by atoms with E-state index in [1.165, 1.54) is 18.2 Å². The van der Waals surface area contributed by atoms with E-state index >= 15 is 0 Å². The topological polar surface area (TPSA) is 79.4 Å². The molecule has 0 radical (unpaired) electrons. The molecule has 1 fully saturated rings. The van der Waals surface area contributed by atoms with Crippen LogP contribution in [0.2, 0.25) is 0 Å². The van der Waals surface area contributed by atoms with Gasteiger partial charge in [0.1, 0.15) is 23.1 Å². The number of alkyl halides is 3. The zero-order valence-electron chi connectivity index (χ0n) is 20.5. The fourth-order valence-electron chi connectivity index (χ4n) is 4.40. The van der Waals surface area contributed by atoms with Gasteiger partial charge in [-0.3, -0.25) is 9.52 Å². The number of carbonyl (C=O) groups excluding carboxylic acids is 1. The summed E-state index contributed by atoms with van der Waals surface area (Å²) >= 11 is 0. The van der Waals surface area contributed by atoms with Gasteiger partial charge in [0.2, 0.25) is 10.0 Å². The Kier molecular flexibility index (Phi) is 8.63.